The molecule has 0 amide bonds. The summed E-state index contributed by atoms with van der Waals surface area (Å²) in [6.07, 6.45) is 1.53. The third-order valence-corrected chi connectivity index (χ3v) is 2.22. The lowest BCUT2D eigenvalue weighted by Crippen LogP contribution is -1.96. The van der Waals surface area contributed by atoms with E-state index in [4.69, 9.17) is 4.52 Å². The fraction of sp³-hybridized carbons (Fsp3) is 0. The number of aromatic nitrogens is 2. The highest BCUT2D eigenvalue weighted by Gasteiger charge is 2.07. The number of para-hydroxylation sites is 1. The fourth-order valence-electron chi connectivity index (χ4n) is 1.54. The van der Waals surface area contributed by atoms with Crippen LogP contribution >= 0.6 is 0 Å². The number of pyridine rings is 1. The van der Waals surface area contributed by atoms with Crippen molar-refractivity contribution in [2.75, 3.05) is 0 Å². The van der Waals surface area contributed by atoms with E-state index < -0.39 is 0 Å². The zero-order chi connectivity index (χ0) is 9.54. The molecule has 0 aliphatic carbocycles. The van der Waals surface area contributed by atoms with Crippen molar-refractivity contribution in [1.29, 1.82) is 0 Å². The fourth-order valence-corrected chi connectivity index (χ4v) is 1.54. The monoisotopic (exact) mass is 186 g/mol. The van der Waals surface area contributed by atoms with Crippen LogP contribution in [0.4, 0.5) is 0 Å². The molecule has 1 aromatic carbocycles. The van der Waals surface area contributed by atoms with Crippen molar-refractivity contribution >= 4 is 21.9 Å². The minimum absolute atomic E-state index is 0.238. The van der Waals surface area contributed by atoms with Gasteiger partial charge in [0.15, 0.2) is 5.58 Å². The van der Waals surface area contributed by atoms with E-state index in [1.54, 1.807) is 0 Å². The van der Waals surface area contributed by atoms with Crippen LogP contribution in [0.3, 0.4) is 0 Å². The molecule has 0 unspecified atom stereocenters. The van der Waals surface area contributed by atoms with Gasteiger partial charge in [0.2, 0.25) is 0 Å². The molecule has 4 heteroatoms. The number of hydrogen-bond acceptors (Lipinski definition) is 3. The van der Waals surface area contributed by atoms with Crippen LogP contribution < -0.4 is 5.56 Å². The summed E-state index contributed by atoms with van der Waals surface area (Å²) in [7, 11) is 0. The zero-order valence-electron chi connectivity index (χ0n) is 7.15. The maximum atomic E-state index is 11.2. The van der Waals surface area contributed by atoms with Gasteiger partial charge >= 0.3 is 0 Å². The van der Waals surface area contributed by atoms with Crippen LogP contribution in [0.25, 0.3) is 21.9 Å². The van der Waals surface area contributed by atoms with Gasteiger partial charge in [-0.05, 0) is 12.1 Å². The van der Waals surface area contributed by atoms with E-state index in [-0.39, 0.29) is 5.56 Å². The lowest BCUT2D eigenvalue weighted by Gasteiger charge is -1.94. The van der Waals surface area contributed by atoms with Gasteiger partial charge in [-0.15, -0.1) is 0 Å². The molecule has 0 radical (unpaired) electrons. The Morgan fingerprint density at radius 3 is 3.00 bits per heavy atom. The largest absolute Gasteiger partial charge is 0.378 e. The highest BCUT2D eigenvalue weighted by molar-refractivity contribution is 6.01. The van der Waals surface area contributed by atoms with Crippen molar-refractivity contribution in [2.24, 2.45) is 0 Å². The number of nitrogens with one attached hydrogen (secondary N) is 1. The third-order valence-electron chi connectivity index (χ3n) is 2.22. The molecule has 3 rings (SSSR count). The Hall–Kier alpha value is -2.10. The molecule has 4 nitrogen and oxygen atoms in total. The summed E-state index contributed by atoms with van der Waals surface area (Å²) in [5, 5.41) is 3.64. The maximum Gasteiger partial charge on any atom is 0.289 e. The molecule has 0 aliphatic heterocycles. The summed E-state index contributed by atoms with van der Waals surface area (Å²) in [5.74, 6) is 0. The summed E-state index contributed by atoms with van der Waals surface area (Å²) < 4.78 is 5.08. The lowest BCUT2D eigenvalue weighted by molar-refractivity contribution is 0.451. The summed E-state index contributed by atoms with van der Waals surface area (Å²) in [6, 6.07) is 7.53. The van der Waals surface area contributed by atoms with Crippen molar-refractivity contribution in [3.05, 3.63) is 40.8 Å². The first-order valence-electron chi connectivity index (χ1n) is 4.21. The highest BCUT2D eigenvalue weighted by atomic mass is 16.5. The lowest BCUT2D eigenvalue weighted by atomic mass is 10.2. The average Bonchev–Trinajstić information content (AvgIpc) is 2.61. The number of aromatic amines is 1. The molecule has 0 saturated heterocycles. The molecule has 0 spiro atoms. The van der Waals surface area contributed by atoms with Crippen molar-refractivity contribution in [1.82, 2.24) is 10.1 Å². The van der Waals surface area contributed by atoms with Crippen molar-refractivity contribution in [3.63, 3.8) is 0 Å². The summed E-state index contributed by atoms with van der Waals surface area (Å²) in [4.78, 5) is 15.4. The number of rotatable bonds is 0. The Bertz CT molecular complexity index is 666. The second-order valence-electron chi connectivity index (χ2n) is 3.05. The number of fused-ring (bicyclic) bond motifs is 3. The molecular formula is C10H6N2O2. The minimum atomic E-state index is -0.238. The topological polar surface area (TPSA) is 58.9 Å². The number of nitrogens with zero attached hydrogens (tertiary/aromatic N) is 1. The smallest absolute Gasteiger partial charge is 0.289 e. The first kappa shape index (κ1) is 7.32. The Morgan fingerprint density at radius 2 is 2.07 bits per heavy atom. The molecule has 0 atom stereocenters. The molecule has 68 valence electrons. The van der Waals surface area contributed by atoms with Gasteiger partial charge in [0.1, 0.15) is 5.39 Å². The zero-order valence-corrected chi connectivity index (χ0v) is 7.15. The Kier molecular flexibility index (Phi) is 1.28. The summed E-state index contributed by atoms with van der Waals surface area (Å²) >= 11 is 0. The van der Waals surface area contributed by atoms with Gasteiger partial charge in [-0.1, -0.05) is 12.1 Å². The summed E-state index contributed by atoms with van der Waals surface area (Å²) in [5.41, 5.74) is 1.15. The van der Waals surface area contributed by atoms with Crippen LogP contribution in [-0.4, -0.2) is 10.1 Å². The number of H-pyrrole nitrogens is 1. The van der Waals surface area contributed by atoms with E-state index in [0.29, 0.717) is 11.0 Å². The molecule has 2 aromatic heterocycles. The molecule has 0 bridgehead atoms. The van der Waals surface area contributed by atoms with Gasteiger partial charge in [-0.3, -0.25) is 9.78 Å². The third kappa shape index (κ3) is 0.821. The maximum absolute atomic E-state index is 11.2. The van der Waals surface area contributed by atoms with Crippen LogP contribution in [0.1, 0.15) is 0 Å². The molecule has 0 saturated carbocycles. The first-order chi connectivity index (χ1) is 6.86. The van der Waals surface area contributed by atoms with E-state index in [2.05, 4.69) is 10.1 Å². The van der Waals surface area contributed by atoms with Crippen molar-refractivity contribution in [3.8, 4) is 0 Å². The van der Waals surface area contributed by atoms with Crippen LogP contribution in [0, 0.1) is 0 Å². The second-order valence-corrected chi connectivity index (χ2v) is 3.05. The van der Waals surface area contributed by atoms with E-state index in [0.717, 1.165) is 10.9 Å². The molecule has 14 heavy (non-hydrogen) atoms. The molecular weight excluding hydrogens is 180 g/mol. The van der Waals surface area contributed by atoms with Crippen molar-refractivity contribution in [2.45, 2.75) is 0 Å². The normalized spacial score (nSPS) is 11.1. The second kappa shape index (κ2) is 2.45. The standard InChI is InChI=1S/C10H6N2O2/c13-10-7-5-11-8-4-2-1-3-6(8)9(7)14-12-10/h1-5H,(H,12,13). The van der Waals surface area contributed by atoms with E-state index in [1.807, 2.05) is 24.3 Å². The Morgan fingerprint density at radius 1 is 1.21 bits per heavy atom. The van der Waals surface area contributed by atoms with Crippen LogP contribution in [0.15, 0.2) is 39.8 Å². The SMILES string of the molecule is O=c1[nH]oc2c1cnc1ccccc12. The van der Waals surface area contributed by atoms with Crippen LogP contribution in [-0.2, 0) is 0 Å². The first-order valence-corrected chi connectivity index (χ1v) is 4.21. The molecule has 0 fully saturated rings. The predicted molar refractivity (Wildman–Crippen MR) is 52.1 cm³/mol. The predicted octanol–water partition coefficient (Wildman–Crippen LogP) is 1.67. The van der Waals surface area contributed by atoms with Crippen molar-refractivity contribution < 1.29 is 4.52 Å². The van der Waals surface area contributed by atoms with Gasteiger partial charge in [-0.2, -0.15) is 5.16 Å². The highest BCUT2D eigenvalue weighted by Crippen LogP contribution is 2.19. The van der Waals surface area contributed by atoms with Gasteiger partial charge in [0.25, 0.3) is 5.56 Å². The van der Waals surface area contributed by atoms with Gasteiger partial charge in [0.05, 0.1) is 5.52 Å². The van der Waals surface area contributed by atoms with Gasteiger partial charge in [0, 0.05) is 11.6 Å². The summed E-state index contributed by atoms with van der Waals surface area (Å²) in [6.45, 7) is 0. The Balaban J connectivity index is 2.68. The molecule has 2 heterocycles. The average molecular weight is 186 g/mol. The van der Waals surface area contributed by atoms with Crippen LogP contribution in [0.5, 0.6) is 0 Å². The van der Waals surface area contributed by atoms with E-state index in [9.17, 15) is 4.79 Å². The molecule has 0 aliphatic rings. The van der Waals surface area contributed by atoms with Gasteiger partial charge in [-0.25, -0.2) is 0 Å². The van der Waals surface area contributed by atoms with E-state index >= 15 is 0 Å². The van der Waals surface area contributed by atoms with Gasteiger partial charge < -0.3 is 4.52 Å². The molecule has 1 N–H and O–H groups in total. The molecule has 3 aromatic rings. The minimum Gasteiger partial charge on any atom is -0.378 e. The number of hydrogen-bond donors (Lipinski definition) is 1. The van der Waals surface area contributed by atoms with E-state index in [1.165, 1.54) is 6.20 Å². The Labute approximate surface area is 78.1 Å². The van der Waals surface area contributed by atoms with Crippen LogP contribution in [0.2, 0.25) is 0 Å². The number of benzene rings is 1. The quantitative estimate of drug-likeness (QED) is 0.581.